The van der Waals surface area contributed by atoms with Crippen LogP contribution in [-0.2, 0) is 0 Å². The highest BCUT2D eigenvalue weighted by molar-refractivity contribution is 8.00. The van der Waals surface area contributed by atoms with Crippen LogP contribution in [0.3, 0.4) is 0 Å². The molecule has 0 bridgehead atoms. The van der Waals surface area contributed by atoms with Crippen molar-refractivity contribution < 1.29 is 0 Å². The molecule has 0 aromatic rings. The summed E-state index contributed by atoms with van der Waals surface area (Å²) in [6.45, 7) is 0. The van der Waals surface area contributed by atoms with Crippen LogP contribution in [0.15, 0.2) is 0 Å². The van der Waals surface area contributed by atoms with Crippen molar-refractivity contribution in [2.24, 2.45) is 5.92 Å². The number of hydrogen-bond donors (Lipinski definition) is 0. The van der Waals surface area contributed by atoms with Gasteiger partial charge in [0.1, 0.15) is 0 Å². The molecule has 1 heterocycles. The molecule has 2 atom stereocenters. The maximum absolute atomic E-state index is 2.21. The van der Waals surface area contributed by atoms with Gasteiger partial charge in [0.05, 0.1) is 0 Å². The Kier molecular flexibility index (Phi) is 1.25. The molecule has 0 radical (unpaired) electrons. The monoisotopic (exact) mass is 128 g/mol. The van der Waals surface area contributed by atoms with Gasteiger partial charge in [-0.05, 0) is 30.9 Å². The quantitative estimate of drug-likeness (QED) is 0.482. The van der Waals surface area contributed by atoms with E-state index in [0.717, 1.165) is 11.2 Å². The van der Waals surface area contributed by atoms with Gasteiger partial charge in [-0.1, -0.05) is 6.42 Å². The molecule has 0 aromatic carbocycles. The largest absolute Gasteiger partial charge is 0.158 e. The molecule has 2 rings (SSSR count). The standard InChI is InChI=1S/C7H12S/c1-2-6-4-5-8-7(6)3-1/h6-7H,1-5H2/t6-,7-/m0/s1. The SMILES string of the molecule is C1C[C@H]2CCS[C@H]2C1. The fourth-order valence-electron chi connectivity index (χ4n) is 1.92. The molecular weight excluding hydrogens is 116 g/mol. The Morgan fingerprint density at radius 1 is 1.12 bits per heavy atom. The third kappa shape index (κ3) is 0.680. The molecule has 1 heteroatoms. The second-order valence-corrected chi connectivity index (χ2v) is 4.24. The van der Waals surface area contributed by atoms with Gasteiger partial charge in [-0.25, -0.2) is 0 Å². The van der Waals surface area contributed by atoms with Crippen molar-refractivity contribution in [3.05, 3.63) is 0 Å². The maximum Gasteiger partial charge on any atom is 0.00756 e. The topological polar surface area (TPSA) is 0 Å². The zero-order valence-electron chi connectivity index (χ0n) is 5.10. The van der Waals surface area contributed by atoms with Crippen molar-refractivity contribution in [1.82, 2.24) is 0 Å². The predicted molar refractivity (Wildman–Crippen MR) is 38.2 cm³/mol. The van der Waals surface area contributed by atoms with Crippen LogP contribution in [0.1, 0.15) is 25.7 Å². The summed E-state index contributed by atoms with van der Waals surface area (Å²) in [5.74, 6) is 2.59. The first-order chi connectivity index (χ1) is 3.97. The number of fused-ring (bicyclic) bond motifs is 1. The molecule has 0 nitrogen and oxygen atoms in total. The Hall–Kier alpha value is 0.350. The smallest absolute Gasteiger partial charge is 0.00756 e. The van der Waals surface area contributed by atoms with Crippen LogP contribution in [0.4, 0.5) is 0 Å². The van der Waals surface area contributed by atoms with E-state index >= 15 is 0 Å². The average molecular weight is 128 g/mol. The van der Waals surface area contributed by atoms with Gasteiger partial charge in [-0.3, -0.25) is 0 Å². The molecule has 0 aromatic heterocycles. The van der Waals surface area contributed by atoms with Gasteiger partial charge in [0.25, 0.3) is 0 Å². The third-order valence-corrected chi connectivity index (χ3v) is 3.93. The molecule has 0 unspecified atom stereocenters. The molecular formula is C7H12S. The van der Waals surface area contributed by atoms with Crippen molar-refractivity contribution >= 4 is 11.8 Å². The first-order valence-corrected chi connectivity index (χ1v) is 4.63. The van der Waals surface area contributed by atoms with Crippen molar-refractivity contribution in [2.75, 3.05) is 5.75 Å². The summed E-state index contributed by atoms with van der Waals surface area (Å²) >= 11 is 2.21. The molecule has 8 heavy (non-hydrogen) atoms. The summed E-state index contributed by atoms with van der Waals surface area (Å²) in [6, 6.07) is 0. The molecule has 1 aliphatic heterocycles. The van der Waals surface area contributed by atoms with E-state index in [0.29, 0.717) is 0 Å². The molecule has 2 aliphatic rings. The zero-order chi connectivity index (χ0) is 5.40. The molecule has 1 saturated carbocycles. The van der Waals surface area contributed by atoms with Gasteiger partial charge in [0.2, 0.25) is 0 Å². The minimum Gasteiger partial charge on any atom is -0.158 e. The summed E-state index contributed by atoms with van der Waals surface area (Å²) in [7, 11) is 0. The van der Waals surface area contributed by atoms with E-state index in [2.05, 4.69) is 11.8 Å². The first-order valence-electron chi connectivity index (χ1n) is 3.58. The van der Waals surface area contributed by atoms with Crippen LogP contribution >= 0.6 is 11.8 Å². The minimum absolute atomic E-state index is 1.09. The lowest BCUT2D eigenvalue weighted by Crippen LogP contribution is -2.00. The van der Waals surface area contributed by atoms with Crippen LogP contribution in [0.5, 0.6) is 0 Å². The summed E-state index contributed by atoms with van der Waals surface area (Å²) in [5.41, 5.74) is 0. The molecule has 0 spiro atoms. The summed E-state index contributed by atoms with van der Waals surface area (Å²) < 4.78 is 0. The van der Waals surface area contributed by atoms with Crippen molar-refractivity contribution in [3.8, 4) is 0 Å². The summed E-state index contributed by atoms with van der Waals surface area (Å²) in [4.78, 5) is 0. The van der Waals surface area contributed by atoms with Crippen molar-refractivity contribution in [3.63, 3.8) is 0 Å². The summed E-state index contributed by atoms with van der Waals surface area (Å²) in [6.07, 6.45) is 6.10. The van der Waals surface area contributed by atoms with Gasteiger partial charge in [0, 0.05) is 5.25 Å². The fraction of sp³-hybridized carbons (Fsp3) is 1.00. The van der Waals surface area contributed by atoms with Crippen molar-refractivity contribution in [1.29, 1.82) is 0 Å². The van der Waals surface area contributed by atoms with Crippen LogP contribution in [0.2, 0.25) is 0 Å². The lowest BCUT2D eigenvalue weighted by atomic mass is 10.1. The molecule has 46 valence electrons. The average Bonchev–Trinajstić information content (AvgIpc) is 2.15. The van der Waals surface area contributed by atoms with E-state index in [1.165, 1.54) is 31.4 Å². The van der Waals surface area contributed by atoms with E-state index in [1.54, 1.807) is 0 Å². The Labute approximate surface area is 55.0 Å². The minimum atomic E-state index is 1.09. The highest BCUT2D eigenvalue weighted by Crippen LogP contribution is 2.43. The number of thioether (sulfide) groups is 1. The van der Waals surface area contributed by atoms with Gasteiger partial charge in [-0.2, -0.15) is 11.8 Å². The Balaban J connectivity index is 2.04. The van der Waals surface area contributed by atoms with E-state index in [9.17, 15) is 0 Å². The lowest BCUT2D eigenvalue weighted by molar-refractivity contribution is 0.569. The maximum atomic E-state index is 2.21. The Morgan fingerprint density at radius 3 is 3.00 bits per heavy atom. The predicted octanol–water partition coefficient (Wildman–Crippen LogP) is 2.29. The van der Waals surface area contributed by atoms with Gasteiger partial charge in [0.15, 0.2) is 0 Å². The first kappa shape index (κ1) is 5.16. The highest BCUT2D eigenvalue weighted by atomic mass is 32.2. The normalized spacial score (nSPS) is 45.0. The second-order valence-electron chi connectivity index (χ2n) is 2.89. The van der Waals surface area contributed by atoms with E-state index in [1.807, 2.05) is 0 Å². The molecule has 1 saturated heterocycles. The third-order valence-electron chi connectivity index (χ3n) is 2.41. The van der Waals surface area contributed by atoms with Crippen LogP contribution in [0.25, 0.3) is 0 Å². The summed E-state index contributed by atoms with van der Waals surface area (Å²) in [5, 5.41) is 1.09. The van der Waals surface area contributed by atoms with E-state index in [-0.39, 0.29) is 0 Å². The van der Waals surface area contributed by atoms with Gasteiger partial charge in [-0.15, -0.1) is 0 Å². The van der Waals surface area contributed by atoms with Crippen LogP contribution < -0.4 is 0 Å². The van der Waals surface area contributed by atoms with E-state index < -0.39 is 0 Å². The van der Waals surface area contributed by atoms with Gasteiger partial charge < -0.3 is 0 Å². The fourth-order valence-corrected chi connectivity index (χ4v) is 3.54. The van der Waals surface area contributed by atoms with Crippen molar-refractivity contribution in [2.45, 2.75) is 30.9 Å². The Bertz CT molecular complexity index is 70.4. The van der Waals surface area contributed by atoms with E-state index in [4.69, 9.17) is 0 Å². The molecule has 1 aliphatic carbocycles. The van der Waals surface area contributed by atoms with Crippen LogP contribution in [-0.4, -0.2) is 11.0 Å². The zero-order valence-corrected chi connectivity index (χ0v) is 5.91. The lowest BCUT2D eigenvalue weighted by Gasteiger charge is -2.03. The van der Waals surface area contributed by atoms with Crippen LogP contribution in [0, 0.1) is 5.92 Å². The molecule has 0 N–H and O–H groups in total. The van der Waals surface area contributed by atoms with Gasteiger partial charge >= 0.3 is 0 Å². The highest BCUT2D eigenvalue weighted by Gasteiger charge is 2.31. The Morgan fingerprint density at radius 2 is 2.12 bits per heavy atom. The molecule has 2 fully saturated rings. The molecule has 0 amide bonds. The second kappa shape index (κ2) is 1.94. The number of rotatable bonds is 0. The number of hydrogen-bond acceptors (Lipinski definition) is 1.